The number of hydrogen-bond acceptors (Lipinski definition) is 6. The molecule has 0 spiro atoms. The minimum Gasteiger partial charge on any atom is -0.454 e. The maximum Gasteiger partial charge on any atom is 0.231 e. The van der Waals surface area contributed by atoms with Crippen LogP contribution >= 0.6 is 11.6 Å². The predicted octanol–water partition coefficient (Wildman–Crippen LogP) is 4.52. The Morgan fingerprint density at radius 3 is 2.69 bits per heavy atom. The maximum absolute atomic E-state index is 6.20. The molecule has 2 heterocycles. The molecule has 132 valence electrons. The Balaban J connectivity index is 1.50. The molecular weight excluding hydrogens is 352 g/mol. The summed E-state index contributed by atoms with van der Waals surface area (Å²) in [6.45, 7) is 2.69. The second kappa shape index (κ2) is 7.09. The van der Waals surface area contributed by atoms with E-state index >= 15 is 0 Å². The van der Waals surface area contributed by atoms with Crippen LogP contribution in [0, 0.1) is 6.92 Å². The van der Waals surface area contributed by atoms with Crippen molar-refractivity contribution in [2.24, 2.45) is 0 Å². The predicted molar refractivity (Wildman–Crippen MR) is 101 cm³/mol. The van der Waals surface area contributed by atoms with Crippen LogP contribution in [0.1, 0.15) is 11.4 Å². The number of aromatic nitrogens is 2. The first-order valence-electron chi connectivity index (χ1n) is 8.17. The maximum atomic E-state index is 6.20. The molecular formula is C19H17ClN4O2. The number of nitrogens with zero attached hydrogens (tertiary/aromatic N) is 2. The topological polar surface area (TPSA) is 68.3 Å². The van der Waals surface area contributed by atoms with Crippen molar-refractivity contribution < 1.29 is 9.47 Å². The summed E-state index contributed by atoms with van der Waals surface area (Å²) in [5.74, 6) is 3.55. The Hall–Kier alpha value is -2.99. The molecule has 2 aromatic carbocycles. The Morgan fingerprint density at radius 2 is 1.81 bits per heavy atom. The van der Waals surface area contributed by atoms with Gasteiger partial charge in [-0.25, -0.2) is 9.97 Å². The average Bonchev–Trinajstić information content (AvgIpc) is 3.08. The second-order valence-electron chi connectivity index (χ2n) is 5.82. The first kappa shape index (κ1) is 16.5. The molecule has 3 aromatic rings. The zero-order valence-corrected chi connectivity index (χ0v) is 14.9. The van der Waals surface area contributed by atoms with Gasteiger partial charge in [-0.3, -0.25) is 0 Å². The highest BCUT2D eigenvalue weighted by Crippen LogP contribution is 2.35. The van der Waals surface area contributed by atoms with E-state index in [4.69, 9.17) is 21.1 Å². The van der Waals surface area contributed by atoms with E-state index in [1.54, 1.807) is 0 Å². The third-order valence-electron chi connectivity index (χ3n) is 3.90. The number of halogens is 1. The third-order valence-corrected chi connectivity index (χ3v) is 4.27. The summed E-state index contributed by atoms with van der Waals surface area (Å²) < 4.78 is 10.7. The molecule has 0 aliphatic carbocycles. The number of anilines is 3. The van der Waals surface area contributed by atoms with E-state index in [2.05, 4.69) is 20.6 Å². The molecule has 6 nitrogen and oxygen atoms in total. The van der Waals surface area contributed by atoms with Crippen molar-refractivity contribution in [2.75, 3.05) is 17.4 Å². The van der Waals surface area contributed by atoms with Crippen LogP contribution in [0.2, 0.25) is 5.02 Å². The molecule has 0 fully saturated rings. The molecule has 7 heteroatoms. The van der Waals surface area contributed by atoms with Gasteiger partial charge in [-0.2, -0.15) is 0 Å². The SMILES string of the molecule is Cc1nc(NCc2ccccc2Cl)cc(Nc2ccc3c(c2)OCO3)n1. The molecule has 0 bridgehead atoms. The van der Waals surface area contributed by atoms with Crippen LogP contribution in [0.4, 0.5) is 17.3 Å². The van der Waals surface area contributed by atoms with E-state index in [0.29, 0.717) is 18.2 Å². The van der Waals surface area contributed by atoms with E-state index in [9.17, 15) is 0 Å². The summed E-state index contributed by atoms with van der Waals surface area (Å²) in [7, 11) is 0. The Kier molecular flexibility index (Phi) is 4.50. The molecule has 26 heavy (non-hydrogen) atoms. The van der Waals surface area contributed by atoms with Crippen LogP contribution in [-0.2, 0) is 6.54 Å². The number of nitrogens with one attached hydrogen (secondary N) is 2. The first-order chi connectivity index (χ1) is 12.7. The molecule has 1 aromatic heterocycles. The molecule has 0 atom stereocenters. The van der Waals surface area contributed by atoms with Crippen molar-refractivity contribution in [3.05, 3.63) is 64.9 Å². The number of aryl methyl sites for hydroxylation is 1. The molecule has 0 saturated carbocycles. The lowest BCUT2D eigenvalue weighted by molar-refractivity contribution is 0.174. The Bertz CT molecular complexity index is 949. The largest absolute Gasteiger partial charge is 0.454 e. The molecule has 4 rings (SSSR count). The number of ether oxygens (including phenoxy) is 2. The van der Waals surface area contributed by atoms with Crippen LogP contribution < -0.4 is 20.1 Å². The fraction of sp³-hybridized carbons (Fsp3) is 0.158. The third kappa shape index (κ3) is 3.65. The van der Waals surface area contributed by atoms with E-state index < -0.39 is 0 Å². The summed E-state index contributed by atoms with van der Waals surface area (Å²) in [5, 5.41) is 7.29. The van der Waals surface area contributed by atoms with Gasteiger partial charge in [-0.05, 0) is 30.7 Å². The number of hydrogen-bond donors (Lipinski definition) is 2. The van der Waals surface area contributed by atoms with Gasteiger partial charge in [0.2, 0.25) is 6.79 Å². The summed E-state index contributed by atoms with van der Waals surface area (Å²) in [5.41, 5.74) is 1.88. The van der Waals surface area contributed by atoms with Gasteiger partial charge in [-0.1, -0.05) is 29.8 Å². The fourth-order valence-corrected chi connectivity index (χ4v) is 2.87. The monoisotopic (exact) mass is 368 g/mol. The van der Waals surface area contributed by atoms with Gasteiger partial charge >= 0.3 is 0 Å². The molecule has 0 amide bonds. The Morgan fingerprint density at radius 1 is 1.00 bits per heavy atom. The minimum absolute atomic E-state index is 0.252. The van der Waals surface area contributed by atoms with E-state index in [1.807, 2.05) is 55.5 Å². The first-order valence-corrected chi connectivity index (χ1v) is 8.55. The lowest BCUT2D eigenvalue weighted by atomic mass is 10.2. The summed E-state index contributed by atoms with van der Waals surface area (Å²) in [6.07, 6.45) is 0. The number of rotatable bonds is 5. The lowest BCUT2D eigenvalue weighted by Crippen LogP contribution is -2.05. The van der Waals surface area contributed by atoms with E-state index in [1.165, 1.54) is 0 Å². The summed E-state index contributed by atoms with van der Waals surface area (Å²) in [4.78, 5) is 8.86. The van der Waals surface area contributed by atoms with Gasteiger partial charge < -0.3 is 20.1 Å². The zero-order chi connectivity index (χ0) is 17.9. The average molecular weight is 369 g/mol. The summed E-state index contributed by atoms with van der Waals surface area (Å²) >= 11 is 6.20. The summed E-state index contributed by atoms with van der Waals surface area (Å²) in [6, 6.07) is 15.3. The number of fused-ring (bicyclic) bond motifs is 1. The minimum atomic E-state index is 0.252. The van der Waals surface area contributed by atoms with Crippen molar-refractivity contribution in [1.82, 2.24) is 9.97 Å². The van der Waals surface area contributed by atoms with Gasteiger partial charge in [0.25, 0.3) is 0 Å². The molecule has 0 unspecified atom stereocenters. The second-order valence-corrected chi connectivity index (χ2v) is 6.23. The normalized spacial score (nSPS) is 12.1. The zero-order valence-electron chi connectivity index (χ0n) is 14.1. The van der Waals surface area contributed by atoms with E-state index in [-0.39, 0.29) is 6.79 Å². The molecule has 1 aliphatic rings. The fourth-order valence-electron chi connectivity index (χ4n) is 2.67. The van der Waals surface area contributed by atoms with Crippen molar-refractivity contribution >= 4 is 28.9 Å². The van der Waals surface area contributed by atoms with Crippen LogP contribution in [0.25, 0.3) is 0 Å². The molecule has 0 saturated heterocycles. The van der Waals surface area contributed by atoms with Gasteiger partial charge in [0, 0.05) is 29.4 Å². The highest BCUT2D eigenvalue weighted by Gasteiger charge is 2.13. The number of benzene rings is 2. The van der Waals surface area contributed by atoms with Gasteiger partial charge in [0.1, 0.15) is 17.5 Å². The Labute approximate surface area is 156 Å². The van der Waals surface area contributed by atoms with Crippen LogP contribution in [0.3, 0.4) is 0 Å². The quantitative estimate of drug-likeness (QED) is 0.690. The molecule has 0 radical (unpaired) electrons. The van der Waals surface area contributed by atoms with Crippen molar-refractivity contribution in [3.63, 3.8) is 0 Å². The van der Waals surface area contributed by atoms with E-state index in [0.717, 1.165) is 33.6 Å². The lowest BCUT2D eigenvalue weighted by Gasteiger charge is -2.11. The van der Waals surface area contributed by atoms with Gasteiger partial charge in [0.15, 0.2) is 11.5 Å². The van der Waals surface area contributed by atoms with Gasteiger partial charge in [-0.15, -0.1) is 0 Å². The van der Waals surface area contributed by atoms with Gasteiger partial charge in [0.05, 0.1) is 0 Å². The van der Waals surface area contributed by atoms with Crippen molar-refractivity contribution in [2.45, 2.75) is 13.5 Å². The van der Waals surface area contributed by atoms with Crippen LogP contribution in [-0.4, -0.2) is 16.8 Å². The van der Waals surface area contributed by atoms with Crippen molar-refractivity contribution in [1.29, 1.82) is 0 Å². The van der Waals surface area contributed by atoms with Crippen molar-refractivity contribution in [3.8, 4) is 11.5 Å². The van der Waals surface area contributed by atoms with Crippen LogP contribution in [0.15, 0.2) is 48.5 Å². The highest BCUT2D eigenvalue weighted by molar-refractivity contribution is 6.31. The van der Waals surface area contributed by atoms with Crippen LogP contribution in [0.5, 0.6) is 11.5 Å². The molecule has 1 aliphatic heterocycles. The smallest absolute Gasteiger partial charge is 0.231 e. The standard InChI is InChI=1S/C19H17ClN4O2/c1-12-22-18(21-10-13-4-2-3-5-15(13)20)9-19(23-12)24-14-6-7-16-17(8-14)26-11-25-16/h2-9H,10-11H2,1H3,(H2,21,22,23,24). The molecule has 2 N–H and O–H groups in total. The highest BCUT2D eigenvalue weighted by atomic mass is 35.5.